The maximum absolute atomic E-state index is 12.8. The lowest BCUT2D eigenvalue weighted by Crippen LogP contribution is -2.13. The third-order valence-electron chi connectivity index (χ3n) is 2.64. The Morgan fingerprint density at radius 3 is 2.68 bits per heavy atom. The molecule has 0 amide bonds. The topological polar surface area (TPSA) is 76.1 Å². The Bertz CT molecular complexity index is 510. The molecular weight excluding hydrogens is 254 g/mol. The molecule has 0 aliphatic heterocycles. The molecule has 19 heavy (non-hydrogen) atoms. The number of esters is 1. The van der Waals surface area contributed by atoms with Crippen LogP contribution in [0.3, 0.4) is 0 Å². The smallest absolute Gasteiger partial charge is 0.310 e. The minimum atomic E-state index is -2.78. The van der Waals surface area contributed by atoms with Crippen molar-refractivity contribution in [2.45, 2.75) is 26.3 Å². The Morgan fingerprint density at radius 1 is 1.53 bits per heavy atom. The summed E-state index contributed by atoms with van der Waals surface area (Å²) in [6.07, 6.45) is -3.01. The van der Waals surface area contributed by atoms with Crippen molar-refractivity contribution in [2.75, 3.05) is 6.61 Å². The van der Waals surface area contributed by atoms with Crippen molar-refractivity contribution in [3.05, 3.63) is 34.4 Å². The number of ether oxygens (including phenoxy) is 1. The average Bonchev–Trinajstić information content (AvgIpc) is 2.38. The van der Waals surface area contributed by atoms with Crippen LogP contribution in [-0.2, 0) is 22.5 Å². The van der Waals surface area contributed by atoms with Gasteiger partial charge in [0.1, 0.15) is 0 Å². The van der Waals surface area contributed by atoms with E-state index in [1.807, 2.05) is 0 Å². The van der Waals surface area contributed by atoms with Crippen molar-refractivity contribution >= 4 is 5.97 Å². The monoisotopic (exact) mass is 268 g/mol. The van der Waals surface area contributed by atoms with Gasteiger partial charge in [-0.2, -0.15) is 5.26 Å². The largest absolute Gasteiger partial charge is 0.466 e. The number of halogens is 2. The standard InChI is InChI=1S/C13H14F2N2O2/c1-2-19-12(18)5-10-8(6-16)3-4-9(13(14)15)11(10)7-17/h3-4,13H,2,5-6,16H2,1H3. The summed E-state index contributed by atoms with van der Waals surface area (Å²) in [5.74, 6) is -0.569. The first-order chi connectivity index (χ1) is 9.04. The Balaban J connectivity index is 3.28. The normalized spacial score (nSPS) is 10.3. The molecule has 1 aromatic carbocycles. The van der Waals surface area contributed by atoms with Crippen LogP contribution in [0.2, 0.25) is 0 Å². The van der Waals surface area contributed by atoms with Crippen LogP contribution in [0.1, 0.15) is 35.6 Å². The third-order valence-corrected chi connectivity index (χ3v) is 2.64. The van der Waals surface area contributed by atoms with Crippen LogP contribution >= 0.6 is 0 Å². The van der Waals surface area contributed by atoms with Gasteiger partial charge >= 0.3 is 5.97 Å². The van der Waals surface area contributed by atoms with Gasteiger partial charge in [0.15, 0.2) is 0 Å². The van der Waals surface area contributed by atoms with Gasteiger partial charge in [-0.05, 0) is 18.1 Å². The average molecular weight is 268 g/mol. The van der Waals surface area contributed by atoms with Gasteiger partial charge in [-0.1, -0.05) is 12.1 Å². The summed E-state index contributed by atoms with van der Waals surface area (Å²) in [7, 11) is 0. The van der Waals surface area contributed by atoms with Gasteiger partial charge in [-0.15, -0.1) is 0 Å². The second kappa shape index (κ2) is 6.81. The SMILES string of the molecule is CCOC(=O)Cc1c(CN)ccc(C(F)F)c1C#N. The van der Waals surface area contributed by atoms with Crippen molar-refractivity contribution in [2.24, 2.45) is 5.73 Å². The molecule has 0 aliphatic rings. The number of rotatable bonds is 5. The lowest BCUT2D eigenvalue weighted by Gasteiger charge is -2.13. The van der Waals surface area contributed by atoms with Gasteiger partial charge in [0.2, 0.25) is 0 Å². The van der Waals surface area contributed by atoms with Gasteiger partial charge in [-0.25, -0.2) is 8.78 Å². The summed E-state index contributed by atoms with van der Waals surface area (Å²) in [4.78, 5) is 11.5. The summed E-state index contributed by atoms with van der Waals surface area (Å²) in [6, 6.07) is 4.30. The number of carbonyl (C=O) groups excluding carboxylic acids is 1. The minimum absolute atomic E-state index is 0.0624. The van der Waals surface area contributed by atoms with Crippen molar-refractivity contribution in [1.29, 1.82) is 5.26 Å². The van der Waals surface area contributed by atoms with Gasteiger partial charge in [0.25, 0.3) is 6.43 Å². The number of nitriles is 1. The molecule has 0 bridgehead atoms. The number of alkyl halides is 2. The zero-order valence-corrected chi connectivity index (χ0v) is 10.5. The van der Waals surface area contributed by atoms with E-state index in [2.05, 4.69) is 0 Å². The highest BCUT2D eigenvalue weighted by Crippen LogP contribution is 2.27. The highest BCUT2D eigenvalue weighted by atomic mass is 19.3. The van der Waals surface area contributed by atoms with E-state index in [1.165, 1.54) is 12.1 Å². The molecule has 6 heteroatoms. The van der Waals surface area contributed by atoms with Crippen molar-refractivity contribution in [3.8, 4) is 6.07 Å². The maximum Gasteiger partial charge on any atom is 0.310 e. The lowest BCUT2D eigenvalue weighted by molar-refractivity contribution is -0.142. The first-order valence-electron chi connectivity index (χ1n) is 5.73. The van der Waals surface area contributed by atoms with E-state index in [9.17, 15) is 13.6 Å². The second-order valence-electron chi connectivity index (χ2n) is 3.77. The molecule has 2 N–H and O–H groups in total. The summed E-state index contributed by atoms with van der Waals surface area (Å²) >= 11 is 0. The van der Waals surface area contributed by atoms with E-state index < -0.39 is 12.4 Å². The van der Waals surface area contributed by atoms with Crippen LogP contribution in [0.5, 0.6) is 0 Å². The Hall–Kier alpha value is -2.00. The summed E-state index contributed by atoms with van der Waals surface area (Å²) < 4.78 is 30.4. The molecule has 0 aromatic heterocycles. The number of nitrogens with zero attached hydrogens (tertiary/aromatic N) is 1. The van der Waals surface area contributed by atoms with Crippen LogP contribution in [-0.4, -0.2) is 12.6 Å². The molecule has 0 saturated heterocycles. The van der Waals surface area contributed by atoms with Gasteiger partial charge in [0.05, 0.1) is 24.7 Å². The van der Waals surface area contributed by atoms with Crippen LogP contribution < -0.4 is 5.73 Å². The molecule has 0 aliphatic carbocycles. The van der Waals surface area contributed by atoms with Crippen molar-refractivity contribution in [1.82, 2.24) is 0 Å². The Labute approximate surface area is 109 Å². The highest BCUT2D eigenvalue weighted by molar-refractivity contribution is 5.74. The molecule has 0 spiro atoms. The molecule has 0 unspecified atom stereocenters. The van der Waals surface area contributed by atoms with Crippen molar-refractivity contribution < 1.29 is 18.3 Å². The fourth-order valence-electron chi connectivity index (χ4n) is 1.77. The number of nitrogens with two attached hydrogens (primary N) is 1. The van der Waals surface area contributed by atoms with E-state index >= 15 is 0 Å². The zero-order valence-electron chi connectivity index (χ0n) is 10.5. The summed E-state index contributed by atoms with van der Waals surface area (Å²) in [5, 5.41) is 9.03. The van der Waals surface area contributed by atoms with Crippen molar-refractivity contribution in [3.63, 3.8) is 0 Å². The van der Waals surface area contributed by atoms with Gasteiger partial charge in [-0.3, -0.25) is 4.79 Å². The number of hydrogen-bond donors (Lipinski definition) is 1. The van der Waals surface area contributed by atoms with E-state index in [4.69, 9.17) is 15.7 Å². The first-order valence-corrected chi connectivity index (χ1v) is 5.73. The molecule has 0 saturated carbocycles. The van der Waals surface area contributed by atoms with E-state index in [0.717, 1.165) is 0 Å². The molecular formula is C13H14F2N2O2. The Kier molecular flexibility index (Phi) is 5.39. The molecule has 1 rings (SSSR count). The van der Waals surface area contributed by atoms with E-state index in [0.29, 0.717) is 5.56 Å². The van der Waals surface area contributed by atoms with Crippen LogP contribution in [0.15, 0.2) is 12.1 Å². The second-order valence-corrected chi connectivity index (χ2v) is 3.77. The fourth-order valence-corrected chi connectivity index (χ4v) is 1.77. The third kappa shape index (κ3) is 3.48. The first kappa shape index (κ1) is 15.1. The number of hydrogen-bond acceptors (Lipinski definition) is 4. The molecule has 0 heterocycles. The molecule has 0 radical (unpaired) electrons. The maximum atomic E-state index is 12.8. The summed E-state index contributed by atoms with van der Waals surface area (Å²) in [5.41, 5.74) is 5.64. The number of benzene rings is 1. The van der Waals surface area contributed by atoms with E-state index in [1.54, 1.807) is 13.0 Å². The minimum Gasteiger partial charge on any atom is -0.466 e. The highest BCUT2D eigenvalue weighted by Gasteiger charge is 2.20. The lowest BCUT2D eigenvalue weighted by atomic mass is 9.94. The molecule has 1 aromatic rings. The van der Waals surface area contributed by atoms with Gasteiger partial charge < -0.3 is 10.5 Å². The fraction of sp³-hybridized carbons (Fsp3) is 0.385. The van der Waals surface area contributed by atoms with Crippen LogP contribution in [0, 0.1) is 11.3 Å². The molecule has 0 atom stereocenters. The van der Waals surface area contributed by atoms with Gasteiger partial charge in [0, 0.05) is 12.1 Å². The predicted molar refractivity (Wildman–Crippen MR) is 64.3 cm³/mol. The Morgan fingerprint density at radius 2 is 2.21 bits per heavy atom. The molecule has 0 fully saturated rings. The summed E-state index contributed by atoms with van der Waals surface area (Å²) in [6.45, 7) is 1.89. The van der Waals surface area contributed by atoms with E-state index in [-0.39, 0.29) is 36.3 Å². The van der Waals surface area contributed by atoms with Crippen LogP contribution in [0.25, 0.3) is 0 Å². The quantitative estimate of drug-likeness (QED) is 0.829. The zero-order chi connectivity index (χ0) is 14.4. The molecule has 4 nitrogen and oxygen atoms in total. The van der Waals surface area contributed by atoms with Crippen LogP contribution in [0.4, 0.5) is 8.78 Å². The molecule has 102 valence electrons. The predicted octanol–water partition coefficient (Wildman–Crippen LogP) is 2.06. The number of carbonyl (C=O) groups is 1.